The third kappa shape index (κ3) is 4.45. The van der Waals surface area contributed by atoms with Crippen molar-refractivity contribution in [2.75, 3.05) is 24.7 Å². The lowest BCUT2D eigenvalue weighted by Crippen LogP contribution is -2.22. The molecular formula is C16H25NO3S. The van der Waals surface area contributed by atoms with Crippen LogP contribution in [0, 0.1) is 0 Å². The normalized spacial score (nSPS) is 15.5. The number of hydrogen-bond donors (Lipinski definition) is 1. The van der Waals surface area contributed by atoms with Gasteiger partial charge in [0.05, 0.1) is 12.4 Å². The van der Waals surface area contributed by atoms with E-state index in [-0.39, 0.29) is 17.5 Å². The first-order valence-corrected chi connectivity index (χ1v) is 9.57. The minimum absolute atomic E-state index is 0.216. The molecule has 118 valence electrons. The molecule has 0 spiro atoms. The van der Waals surface area contributed by atoms with Gasteiger partial charge in [-0.1, -0.05) is 26.0 Å². The molecule has 0 aromatic heterocycles. The summed E-state index contributed by atoms with van der Waals surface area (Å²) < 4.78 is 28.7. The van der Waals surface area contributed by atoms with Crippen LogP contribution in [0.4, 0.5) is 0 Å². The summed E-state index contributed by atoms with van der Waals surface area (Å²) in [5, 5.41) is 3.46. The molecule has 1 atom stereocenters. The Hall–Kier alpha value is -1.07. The molecule has 0 radical (unpaired) electrons. The van der Waals surface area contributed by atoms with Gasteiger partial charge in [-0.05, 0) is 36.6 Å². The molecule has 1 unspecified atom stereocenters. The summed E-state index contributed by atoms with van der Waals surface area (Å²) in [5.41, 5.74) is 2.49. The molecule has 0 bridgehead atoms. The van der Waals surface area contributed by atoms with E-state index in [0.29, 0.717) is 6.42 Å². The zero-order valence-corrected chi connectivity index (χ0v) is 13.7. The van der Waals surface area contributed by atoms with Crippen LogP contribution in [0.15, 0.2) is 18.2 Å². The van der Waals surface area contributed by atoms with E-state index in [0.717, 1.165) is 31.7 Å². The number of ether oxygens (including phenoxy) is 1. The molecule has 0 fully saturated rings. The highest BCUT2D eigenvalue weighted by molar-refractivity contribution is 7.91. The van der Waals surface area contributed by atoms with Crippen molar-refractivity contribution in [3.05, 3.63) is 29.3 Å². The zero-order valence-electron chi connectivity index (χ0n) is 12.9. The molecule has 1 aromatic carbocycles. The van der Waals surface area contributed by atoms with Gasteiger partial charge in [-0.3, -0.25) is 0 Å². The number of hydrogen-bond acceptors (Lipinski definition) is 4. The topological polar surface area (TPSA) is 55.4 Å². The predicted octanol–water partition coefficient (Wildman–Crippen LogP) is 2.49. The molecule has 5 heteroatoms. The van der Waals surface area contributed by atoms with Gasteiger partial charge in [0, 0.05) is 18.2 Å². The summed E-state index contributed by atoms with van der Waals surface area (Å²) in [7, 11) is -2.87. The van der Waals surface area contributed by atoms with Crippen molar-refractivity contribution in [2.45, 2.75) is 39.2 Å². The molecule has 0 saturated heterocycles. The van der Waals surface area contributed by atoms with Crippen molar-refractivity contribution < 1.29 is 13.2 Å². The van der Waals surface area contributed by atoms with Crippen LogP contribution in [-0.2, 0) is 16.3 Å². The second kappa shape index (κ2) is 7.27. The Bertz CT molecular complexity index is 569. The van der Waals surface area contributed by atoms with Gasteiger partial charge in [0.1, 0.15) is 15.6 Å². The second-order valence-electron chi connectivity index (χ2n) is 5.45. The Morgan fingerprint density at radius 1 is 1.33 bits per heavy atom. The van der Waals surface area contributed by atoms with Gasteiger partial charge < -0.3 is 10.1 Å². The molecule has 0 aliphatic carbocycles. The SMILES string of the molecule is CCNC(CCCS(=O)(=O)CC)c1ccc2c(c1)CCO2. The number of benzene rings is 1. The highest BCUT2D eigenvalue weighted by Crippen LogP contribution is 2.29. The van der Waals surface area contributed by atoms with Crippen LogP contribution in [-0.4, -0.2) is 33.1 Å². The summed E-state index contributed by atoms with van der Waals surface area (Å²) in [4.78, 5) is 0. The molecule has 1 N–H and O–H groups in total. The number of nitrogens with one attached hydrogen (secondary N) is 1. The molecule has 1 aliphatic rings. The summed E-state index contributed by atoms with van der Waals surface area (Å²) in [6.45, 7) is 5.42. The van der Waals surface area contributed by atoms with Crippen molar-refractivity contribution in [3.8, 4) is 5.75 Å². The fraction of sp³-hybridized carbons (Fsp3) is 0.625. The van der Waals surface area contributed by atoms with E-state index in [4.69, 9.17) is 4.74 Å². The number of rotatable bonds is 8. The number of sulfone groups is 1. The van der Waals surface area contributed by atoms with Crippen LogP contribution < -0.4 is 10.1 Å². The molecule has 1 aliphatic heterocycles. The molecule has 0 saturated carbocycles. The Kier molecular flexibility index (Phi) is 5.65. The Balaban J connectivity index is 2.01. The van der Waals surface area contributed by atoms with E-state index in [1.165, 1.54) is 11.1 Å². The van der Waals surface area contributed by atoms with Gasteiger partial charge in [-0.25, -0.2) is 8.42 Å². The maximum atomic E-state index is 11.6. The van der Waals surface area contributed by atoms with Crippen molar-refractivity contribution in [1.82, 2.24) is 5.32 Å². The van der Waals surface area contributed by atoms with Crippen LogP contribution >= 0.6 is 0 Å². The fourth-order valence-electron chi connectivity index (χ4n) is 2.71. The highest BCUT2D eigenvalue weighted by atomic mass is 32.2. The molecule has 0 amide bonds. The number of fused-ring (bicyclic) bond motifs is 1. The van der Waals surface area contributed by atoms with Gasteiger partial charge in [-0.15, -0.1) is 0 Å². The van der Waals surface area contributed by atoms with Gasteiger partial charge in [0.2, 0.25) is 0 Å². The maximum Gasteiger partial charge on any atom is 0.150 e. The molecule has 2 rings (SSSR count). The van der Waals surface area contributed by atoms with Crippen LogP contribution in [0.2, 0.25) is 0 Å². The lowest BCUT2D eigenvalue weighted by molar-refractivity contribution is 0.356. The minimum Gasteiger partial charge on any atom is -0.493 e. The van der Waals surface area contributed by atoms with Gasteiger partial charge in [0.25, 0.3) is 0 Å². The Labute approximate surface area is 127 Å². The van der Waals surface area contributed by atoms with Gasteiger partial charge in [-0.2, -0.15) is 0 Å². The summed E-state index contributed by atoms with van der Waals surface area (Å²) in [6.07, 6.45) is 2.50. The Morgan fingerprint density at radius 2 is 2.14 bits per heavy atom. The summed E-state index contributed by atoms with van der Waals surface area (Å²) in [5.74, 6) is 1.50. The first-order valence-electron chi connectivity index (χ1n) is 7.75. The summed E-state index contributed by atoms with van der Waals surface area (Å²) >= 11 is 0. The highest BCUT2D eigenvalue weighted by Gasteiger charge is 2.17. The first kappa shape index (κ1) is 16.3. The first-order chi connectivity index (χ1) is 10.1. The average molecular weight is 311 g/mol. The van der Waals surface area contributed by atoms with Crippen molar-refractivity contribution >= 4 is 9.84 Å². The Morgan fingerprint density at radius 3 is 2.86 bits per heavy atom. The lowest BCUT2D eigenvalue weighted by atomic mass is 9.99. The van der Waals surface area contributed by atoms with E-state index in [9.17, 15) is 8.42 Å². The van der Waals surface area contributed by atoms with E-state index in [2.05, 4.69) is 24.4 Å². The average Bonchev–Trinajstić information content (AvgIpc) is 2.93. The molecule has 4 nitrogen and oxygen atoms in total. The zero-order chi connectivity index (χ0) is 15.3. The van der Waals surface area contributed by atoms with Crippen LogP contribution in [0.1, 0.15) is 43.9 Å². The third-order valence-corrected chi connectivity index (χ3v) is 5.74. The third-order valence-electron chi connectivity index (χ3n) is 3.95. The maximum absolute atomic E-state index is 11.6. The molecule has 21 heavy (non-hydrogen) atoms. The largest absolute Gasteiger partial charge is 0.493 e. The quantitative estimate of drug-likeness (QED) is 0.801. The molecular weight excluding hydrogens is 286 g/mol. The smallest absolute Gasteiger partial charge is 0.150 e. The van der Waals surface area contributed by atoms with E-state index >= 15 is 0 Å². The molecule has 1 heterocycles. The van der Waals surface area contributed by atoms with E-state index in [1.807, 2.05) is 6.07 Å². The van der Waals surface area contributed by atoms with Crippen LogP contribution in [0.25, 0.3) is 0 Å². The lowest BCUT2D eigenvalue weighted by Gasteiger charge is -2.19. The summed E-state index contributed by atoms with van der Waals surface area (Å²) in [6, 6.07) is 6.54. The van der Waals surface area contributed by atoms with Gasteiger partial charge in [0.15, 0.2) is 0 Å². The monoisotopic (exact) mass is 311 g/mol. The van der Waals surface area contributed by atoms with Crippen LogP contribution in [0.3, 0.4) is 0 Å². The van der Waals surface area contributed by atoms with Crippen LogP contribution in [0.5, 0.6) is 5.75 Å². The molecule has 1 aromatic rings. The van der Waals surface area contributed by atoms with Gasteiger partial charge >= 0.3 is 0 Å². The second-order valence-corrected chi connectivity index (χ2v) is 7.93. The van der Waals surface area contributed by atoms with Crippen molar-refractivity contribution in [3.63, 3.8) is 0 Å². The minimum atomic E-state index is -2.87. The van der Waals surface area contributed by atoms with Crippen molar-refractivity contribution in [1.29, 1.82) is 0 Å². The fourth-order valence-corrected chi connectivity index (χ4v) is 3.60. The standard InChI is InChI=1S/C16H25NO3S/c1-3-17-15(6-5-11-21(18,19)4-2)13-7-8-16-14(12-13)9-10-20-16/h7-8,12,15,17H,3-6,9-11H2,1-2H3. The van der Waals surface area contributed by atoms with E-state index < -0.39 is 9.84 Å². The van der Waals surface area contributed by atoms with E-state index in [1.54, 1.807) is 6.92 Å². The predicted molar refractivity (Wildman–Crippen MR) is 85.6 cm³/mol. The van der Waals surface area contributed by atoms with Crippen molar-refractivity contribution in [2.24, 2.45) is 0 Å².